The Hall–Kier alpha value is -3.86. The second-order valence-corrected chi connectivity index (χ2v) is 7.69. The number of imidazole rings is 1. The molecule has 2 atom stereocenters. The molecule has 4 rings (SSSR count). The van der Waals surface area contributed by atoms with Gasteiger partial charge in [-0.25, -0.2) is 22.9 Å². The van der Waals surface area contributed by atoms with Crippen molar-refractivity contribution in [3.05, 3.63) is 80.7 Å². The molecule has 2 heterocycles. The first kappa shape index (κ1) is 23.3. The fraction of sp³-hybridized carbons (Fsp3) is 0.261. The molecule has 178 valence electrons. The molecule has 0 aliphatic heterocycles. The summed E-state index contributed by atoms with van der Waals surface area (Å²) in [5.41, 5.74) is -0.762. The van der Waals surface area contributed by atoms with E-state index < -0.39 is 42.6 Å². The standard InChI is InChI=1S/C23H21F3N4O4/c1-29-19-21(30(23(33)28-22(19)32)11-17(31)16(26)10-24)27-20(29)14-7-8-18(15(25)9-14)34-12-13-5-3-2-4-6-13/h2-9,16-17,31H,10-12H2,1H3,(H,28,32,33). The van der Waals surface area contributed by atoms with Crippen molar-refractivity contribution in [2.75, 3.05) is 6.67 Å². The molecule has 2 N–H and O–H groups in total. The number of alkyl halides is 2. The number of aliphatic hydroxyl groups is 1. The van der Waals surface area contributed by atoms with E-state index in [4.69, 9.17) is 4.74 Å². The van der Waals surface area contributed by atoms with E-state index >= 15 is 0 Å². The Balaban J connectivity index is 1.70. The van der Waals surface area contributed by atoms with Gasteiger partial charge in [0.25, 0.3) is 5.56 Å². The minimum absolute atomic E-state index is 0.0180. The molecule has 2 aromatic heterocycles. The van der Waals surface area contributed by atoms with E-state index in [9.17, 15) is 27.9 Å². The maximum Gasteiger partial charge on any atom is 0.330 e. The lowest BCUT2D eigenvalue weighted by Gasteiger charge is -2.14. The first-order chi connectivity index (χ1) is 16.3. The van der Waals surface area contributed by atoms with Gasteiger partial charge in [-0.2, -0.15) is 0 Å². The number of fused-ring (bicyclic) bond motifs is 1. The van der Waals surface area contributed by atoms with Gasteiger partial charge in [-0.15, -0.1) is 0 Å². The fourth-order valence-electron chi connectivity index (χ4n) is 3.57. The Morgan fingerprint density at radius 1 is 1.18 bits per heavy atom. The maximum absolute atomic E-state index is 14.8. The highest BCUT2D eigenvalue weighted by atomic mass is 19.2. The van der Waals surface area contributed by atoms with Crippen LogP contribution in [-0.2, 0) is 20.2 Å². The predicted octanol–water partition coefficient (Wildman–Crippen LogP) is 2.48. The third-order valence-electron chi connectivity index (χ3n) is 5.37. The van der Waals surface area contributed by atoms with Crippen LogP contribution in [0.2, 0.25) is 0 Å². The smallest absolute Gasteiger partial charge is 0.330 e. The monoisotopic (exact) mass is 474 g/mol. The van der Waals surface area contributed by atoms with E-state index in [0.29, 0.717) is 0 Å². The van der Waals surface area contributed by atoms with Crippen LogP contribution in [0, 0.1) is 5.82 Å². The van der Waals surface area contributed by atoms with Crippen molar-refractivity contribution < 1.29 is 23.0 Å². The molecule has 8 nitrogen and oxygen atoms in total. The van der Waals surface area contributed by atoms with Crippen LogP contribution in [0.15, 0.2) is 58.1 Å². The highest BCUT2D eigenvalue weighted by Crippen LogP contribution is 2.27. The zero-order valence-electron chi connectivity index (χ0n) is 18.0. The predicted molar refractivity (Wildman–Crippen MR) is 119 cm³/mol. The fourth-order valence-corrected chi connectivity index (χ4v) is 3.57. The number of nitrogens with one attached hydrogen (secondary N) is 1. The van der Waals surface area contributed by atoms with Crippen LogP contribution in [0.1, 0.15) is 5.56 Å². The van der Waals surface area contributed by atoms with E-state index in [1.54, 1.807) is 0 Å². The summed E-state index contributed by atoms with van der Waals surface area (Å²) >= 11 is 0. The van der Waals surface area contributed by atoms with Crippen molar-refractivity contribution in [3.63, 3.8) is 0 Å². The Morgan fingerprint density at radius 2 is 1.91 bits per heavy atom. The van der Waals surface area contributed by atoms with Crippen LogP contribution in [0.4, 0.5) is 13.2 Å². The van der Waals surface area contributed by atoms with E-state index in [1.807, 2.05) is 30.3 Å². The molecular formula is C23H21F3N4O4. The number of benzene rings is 2. The first-order valence-electron chi connectivity index (χ1n) is 10.3. The average molecular weight is 474 g/mol. The van der Waals surface area contributed by atoms with Crippen LogP contribution in [-0.4, -0.2) is 43.2 Å². The molecule has 0 fully saturated rings. The molecule has 0 amide bonds. The summed E-state index contributed by atoms with van der Waals surface area (Å²) in [4.78, 5) is 31.1. The summed E-state index contributed by atoms with van der Waals surface area (Å²) < 4.78 is 48.6. The van der Waals surface area contributed by atoms with Crippen molar-refractivity contribution in [1.82, 2.24) is 19.1 Å². The summed E-state index contributed by atoms with van der Waals surface area (Å²) in [5, 5.41) is 9.85. The summed E-state index contributed by atoms with van der Waals surface area (Å²) in [7, 11) is 1.49. The third-order valence-corrected chi connectivity index (χ3v) is 5.37. The number of nitrogens with zero attached hydrogens (tertiary/aromatic N) is 3. The van der Waals surface area contributed by atoms with Gasteiger partial charge >= 0.3 is 5.69 Å². The SMILES string of the molecule is Cn1c(-c2ccc(OCc3ccccc3)c(F)c2)nc2c1c(=O)[nH]c(=O)n2CC(O)C(F)CF. The van der Waals surface area contributed by atoms with Gasteiger partial charge in [0, 0.05) is 12.6 Å². The van der Waals surface area contributed by atoms with Crippen LogP contribution in [0.25, 0.3) is 22.6 Å². The lowest BCUT2D eigenvalue weighted by Crippen LogP contribution is -2.37. The van der Waals surface area contributed by atoms with Crippen molar-refractivity contribution in [1.29, 1.82) is 0 Å². The molecule has 0 saturated heterocycles. The Kier molecular flexibility index (Phi) is 6.55. The number of ether oxygens (including phenoxy) is 1. The van der Waals surface area contributed by atoms with Crippen molar-refractivity contribution in [2.45, 2.75) is 25.4 Å². The second-order valence-electron chi connectivity index (χ2n) is 7.69. The van der Waals surface area contributed by atoms with Gasteiger partial charge in [0.1, 0.15) is 25.2 Å². The molecule has 2 unspecified atom stereocenters. The van der Waals surface area contributed by atoms with E-state index in [2.05, 4.69) is 9.97 Å². The summed E-state index contributed by atoms with van der Waals surface area (Å²) in [5.74, 6) is -0.500. The lowest BCUT2D eigenvalue weighted by molar-refractivity contribution is 0.0493. The normalized spacial score (nSPS) is 13.2. The number of hydrogen-bond donors (Lipinski definition) is 2. The lowest BCUT2D eigenvalue weighted by atomic mass is 10.2. The highest BCUT2D eigenvalue weighted by Gasteiger charge is 2.23. The molecule has 4 aromatic rings. The van der Waals surface area contributed by atoms with Gasteiger partial charge in [0.2, 0.25) is 0 Å². The van der Waals surface area contributed by atoms with Crippen molar-refractivity contribution >= 4 is 11.2 Å². The van der Waals surface area contributed by atoms with Gasteiger partial charge in [0.05, 0.1) is 6.54 Å². The quantitative estimate of drug-likeness (QED) is 0.409. The Morgan fingerprint density at radius 3 is 2.59 bits per heavy atom. The second kappa shape index (κ2) is 9.56. The largest absolute Gasteiger partial charge is 0.486 e. The van der Waals surface area contributed by atoms with Crippen LogP contribution < -0.4 is 16.0 Å². The molecular weight excluding hydrogens is 453 g/mol. The van der Waals surface area contributed by atoms with E-state index in [1.165, 1.54) is 29.8 Å². The van der Waals surface area contributed by atoms with Crippen LogP contribution >= 0.6 is 0 Å². The first-order valence-corrected chi connectivity index (χ1v) is 10.3. The molecule has 0 bridgehead atoms. The number of rotatable bonds is 8. The van der Waals surface area contributed by atoms with Gasteiger partial charge in [0.15, 0.2) is 28.9 Å². The Labute approximate surface area is 190 Å². The molecule has 2 aromatic carbocycles. The highest BCUT2D eigenvalue weighted by molar-refractivity contribution is 5.77. The third kappa shape index (κ3) is 4.46. The molecule has 0 radical (unpaired) electrons. The number of aliphatic hydroxyl groups excluding tert-OH is 1. The molecule has 0 saturated carbocycles. The topological polar surface area (TPSA) is 102 Å². The molecule has 0 aliphatic carbocycles. The van der Waals surface area contributed by atoms with Crippen LogP contribution in [0.5, 0.6) is 5.75 Å². The number of aryl methyl sites for hydroxylation is 1. The van der Waals surface area contributed by atoms with Gasteiger partial charge in [-0.3, -0.25) is 14.3 Å². The summed E-state index contributed by atoms with van der Waals surface area (Å²) in [6.45, 7) is -1.90. The summed E-state index contributed by atoms with van der Waals surface area (Å²) in [6.07, 6.45) is -4.05. The minimum atomic E-state index is -2.21. The van der Waals surface area contributed by atoms with E-state index in [-0.39, 0.29) is 34.9 Å². The van der Waals surface area contributed by atoms with Gasteiger partial charge in [-0.1, -0.05) is 30.3 Å². The van der Waals surface area contributed by atoms with Crippen molar-refractivity contribution in [2.24, 2.45) is 7.05 Å². The Bertz CT molecular complexity index is 1430. The number of halogens is 3. The number of aromatic amines is 1. The molecule has 0 aliphatic rings. The average Bonchev–Trinajstić information content (AvgIpc) is 3.18. The summed E-state index contributed by atoms with van der Waals surface area (Å²) in [6, 6.07) is 13.4. The zero-order chi connectivity index (χ0) is 24.4. The van der Waals surface area contributed by atoms with Gasteiger partial charge in [-0.05, 0) is 23.8 Å². The maximum atomic E-state index is 14.8. The van der Waals surface area contributed by atoms with Gasteiger partial charge < -0.3 is 14.4 Å². The van der Waals surface area contributed by atoms with Crippen molar-refractivity contribution in [3.8, 4) is 17.1 Å². The molecule has 11 heteroatoms. The molecule has 34 heavy (non-hydrogen) atoms. The minimum Gasteiger partial charge on any atom is -0.486 e. The van der Waals surface area contributed by atoms with Crippen LogP contribution in [0.3, 0.4) is 0 Å². The molecule has 0 spiro atoms. The number of aromatic nitrogens is 4. The zero-order valence-corrected chi connectivity index (χ0v) is 18.0. The number of H-pyrrole nitrogens is 1. The van der Waals surface area contributed by atoms with E-state index in [0.717, 1.165) is 10.1 Å². The number of hydrogen-bond acceptors (Lipinski definition) is 5.